The molecule has 1 aliphatic carbocycles. The molecule has 0 radical (unpaired) electrons. The minimum atomic E-state index is -0.0124. The highest BCUT2D eigenvalue weighted by Crippen LogP contribution is 2.25. The molecule has 0 heterocycles. The molecule has 1 aromatic rings. The second-order valence-corrected chi connectivity index (χ2v) is 7.77. The first-order valence-corrected chi connectivity index (χ1v) is 8.55. The molecule has 0 aromatic heterocycles. The maximum absolute atomic E-state index is 12.1. The van der Waals surface area contributed by atoms with Crippen LogP contribution < -0.4 is 15.8 Å². The second kappa shape index (κ2) is 7.35. The molecule has 1 saturated carbocycles. The topological polar surface area (TPSA) is 64.3 Å². The SMILES string of the molecule is CC(COc1ccc(C(C)(C)C)cc1)NC(=O)C1CCC(N)C1. The number of rotatable bonds is 5. The van der Waals surface area contributed by atoms with Crippen molar-refractivity contribution in [2.24, 2.45) is 11.7 Å². The first kappa shape index (κ1) is 17.8. The summed E-state index contributed by atoms with van der Waals surface area (Å²) in [5, 5.41) is 3.03. The van der Waals surface area contributed by atoms with Crippen LogP contribution in [0, 0.1) is 5.92 Å². The molecule has 128 valence electrons. The highest BCUT2D eigenvalue weighted by Gasteiger charge is 2.28. The van der Waals surface area contributed by atoms with Gasteiger partial charge in [-0.2, -0.15) is 0 Å². The average molecular weight is 318 g/mol. The van der Waals surface area contributed by atoms with E-state index in [1.165, 1.54) is 5.56 Å². The Morgan fingerprint density at radius 1 is 1.30 bits per heavy atom. The zero-order valence-corrected chi connectivity index (χ0v) is 14.8. The zero-order valence-electron chi connectivity index (χ0n) is 14.8. The normalized spacial score (nSPS) is 22.7. The minimum Gasteiger partial charge on any atom is -0.491 e. The number of amides is 1. The summed E-state index contributed by atoms with van der Waals surface area (Å²) >= 11 is 0. The monoisotopic (exact) mass is 318 g/mol. The van der Waals surface area contributed by atoms with Crippen LogP contribution in [0.4, 0.5) is 0 Å². The van der Waals surface area contributed by atoms with Crippen molar-refractivity contribution in [1.29, 1.82) is 0 Å². The Bertz CT molecular complexity index is 519. The van der Waals surface area contributed by atoms with Gasteiger partial charge in [-0.05, 0) is 49.3 Å². The van der Waals surface area contributed by atoms with Gasteiger partial charge in [0, 0.05) is 12.0 Å². The third kappa shape index (κ3) is 5.24. The van der Waals surface area contributed by atoms with Gasteiger partial charge < -0.3 is 15.8 Å². The summed E-state index contributed by atoms with van der Waals surface area (Å²) in [7, 11) is 0. The van der Waals surface area contributed by atoms with Crippen molar-refractivity contribution in [3.8, 4) is 5.75 Å². The Balaban J connectivity index is 1.78. The van der Waals surface area contributed by atoms with Crippen molar-refractivity contribution in [3.05, 3.63) is 29.8 Å². The number of carbonyl (C=O) groups excluding carboxylic acids is 1. The lowest BCUT2D eigenvalue weighted by atomic mass is 9.87. The van der Waals surface area contributed by atoms with Crippen LogP contribution in [0.5, 0.6) is 5.75 Å². The third-order valence-electron chi connectivity index (χ3n) is 4.45. The number of hydrogen-bond acceptors (Lipinski definition) is 3. The third-order valence-corrected chi connectivity index (χ3v) is 4.45. The largest absolute Gasteiger partial charge is 0.491 e. The fraction of sp³-hybridized carbons (Fsp3) is 0.632. The van der Waals surface area contributed by atoms with E-state index >= 15 is 0 Å². The second-order valence-electron chi connectivity index (χ2n) is 7.77. The van der Waals surface area contributed by atoms with E-state index in [0.717, 1.165) is 25.0 Å². The molecule has 1 fully saturated rings. The molecule has 23 heavy (non-hydrogen) atoms. The number of nitrogens with one attached hydrogen (secondary N) is 1. The summed E-state index contributed by atoms with van der Waals surface area (Å²) in [6.07, 6.45) is 2.64. The van der Waals surface area contributed by atoms with Crippen LogP contribution in [0.25, 0.3) is 0 Å². The van der Waals surface area contributed by atoms with Crippen LogP contribution in [0.15, 0.2) is 24.3 Å². The first-order chi connectivity index (χ1) is 10.8. The molecule has 2 rings (SSSR count). The fourth-order valence-electron chi connectivity index (χ4n) is 2.93. The van der Waals surface area contributed by atoms with Gasteiger partial charge in [0.1, 0.15) is 12.4 Å². The lowest BCUT2D eigenvalue weighted by Crippen LogP contribution is -2.40. The summed E-state index contributed by atoms with van der Waals surface area (Å²) in [5.74, 6) is 1.01. The summed E-state index contributed by atoms with van der Waals surface area (Å²) in [4.78, 5) is 12.1. The predicted molar refractivity (Wildman–Crippen MR) is 93.6 cm³/mol. The van der Waals surface area contributed by atoms with Gasteiger partial charge >= 0.3 is 0 Å². The van der Waals surface area contributed by atoms with E-state index < -0.39 is 0 Å². The molecule has 0 saturated heterocycles. The molecule has 1 amide bonds. The number of carbonyl (C=O) groups is 1. The van der Waals surface area contributed by atoms with Gasteiger partial charge in [0.15, 0.2) is 0 Å². The Morgan fingerprint density at radius 2 is 1.96 bits per heavy atom. The van der Waals surface area contributed by atoms with E-state index in [0.29, 0.717) is 6.61 Å². The number of benzene rings is 1. The lowest BCUT2D eigenvalue weighted by Gasteiger charge is -2.20. The van der Waals surface area contributed by atoms with Crippen LogP contribution in [0.1, 0.15) is 52.5 Å². The van der Waals surface area contributed by atoms with Gasteiger partial charge in [-0.3, -0.25) is 4.79 Å². The van der Waals surface area contributed by atoms with E-state index in [-0.39, 0.29) is 29.3 Å². The molecular weight excluding hydrogens is 288 g/mol. The molecule has 4 heteroatoms. The van der Waals surface area contributed by atoms with E-state index in [9.17, 15) is 4.79 Å². The van der Waals surface area contributed by atoms with E-state index in [2.05, 4.69) is 38.2 Å². The average Bonchev–Trinajstić information content (AvgIpc) is 2.91. The van der Waals surface area contributed by atoms with Crippen molar-refractivity contribution in [3.63, 3.8) is 0 Å². The van der Waals surface area contributed by atoms with Crippen molar-refractivity contribution in [1.82, 2.24) is 5.32 Å². The summed E-state index contributed by atoms with van der Waals surface area (Å²) < 4.78 is 5.78. The van der Waals surface area contributed by atoms with Gasteiger partial charge in [0.25, 0.3) is 0 Å². The summed E-state index contributed by atoms with van der Waals surface area (Å²) in [5.41, 5.74) is 7.29. The molecule has 3 atom stereocenters. The van der Waals surface area contributed by atoms with Gasteiger partial charge in [-0.15, -0.1) is 0 Å². The fourth-order valence-corrected chi connectivity index (χ4v) is 2.93. The number of ether oxygens (including phenoxy) is 1. The Labute approximate surface area is 139 Å². The van der Waals surface area contributed by atoms with Gasteiger partial charge in [-0.1, -0.05) is 32.9 Å². The first-order valence-electron chi connectivity index (χ1n) is 8.55. The highest BCUT2D eigenvalue weighted by atomic mass is 16.5. The number of nitrogens with two attached hydrogens (primary N) is 1. The Hall–Kier alpha value is -1.55. The molecule has 4 nitrogen and oxygen atoms in total. The van der Waals surface area contributed by atoms with Crippen LogP contribution >= 0.6 is 0 Å². The van der Waals surface area contributed by atoms with E-state index in [1.54, 1.807) is 0 Å². The molecule has 1 aliphatic rings. The van der Waals surface area contributed by atoms with Crippen LogP contribution in [-0.2, 0) is 10.2 Å². The number of hydrogen-bond donors (Lipinski definition) is 2. The lowest BCUT2D eigenvalue weighted by molar-refractivity contribution is -0.125. The molecule has 1 aromatic carbocycles. The molecular formula is C19H30N2O2. The van der Waals surface area contributed by atoms with Crippen LogP contribution in [0.3, 0.4) is 0 Å². The Morgan fingerprint density at radius 3 is 2.48 bits per heavy atom. The molecule has 0 bridgehead atoms. The maximum Gasteiger partial charge on any atom is 0.223 e. The maximum atomic E-state index is 12.1. The summed E-state index contributed by atoms with van der Waals surface area (Å²) in [6, 6.07) is 8.34. The standard InChI is InChI=1S/C19H30N2O2/c1-13(21-18(22)14-5-8-16(20)11-14)12-23-17-9-6-15(7-10-17)19(2,3)4/h6-7,9-10,13-14,16H,5,8,11-12,20H2,1-4H3,(H,21,22). The molecule has 0 aliphatic heterocycles. The minimum absolute atomic E-state index is 0.0124. The van der Waals surface area contributed by atoms with Crippen molar-refractivity contribution < 1.29 is 9.53 Å². The quantitative estimate of drug-likeness (QED) is 0.877. The zero-order chi connectivity index (χ0) is 17.0. The summed E-state index contributed by atoms with van der Waals surface area (Å²) in [6.45, 7) is 9.01. The van der Waals surface area contributed by atoms with E-state index in [1.807, 2.05) is 19.1 Å². The van der Waals surface area contributed by atoms with Crippen LogP contribution in [-0.4, -0.2) is 24.6 Å². The van der Waals surface area contributed by atoms with Crippen molar-refractivity contribution >= 4 is 5.91 Å². The molecule has 0 spiro atoms. The molecule has 3 N–H and O–H groups in total. The molecule has 3 unspecified atom stereocenters. The van der Waals surface area contributed by atoms with Crippen molar-refractivity contribution in [2.45, 2.75) is 64.5 Å². The van der Waals surface area contributed by atoms with E-state index in [4.69, 9.17) is 10.5 Å². The smallest absolute Gasteiger partial charge is 0.223 e. The van der Waals surface area contributed by atoms with Gasteiger partial charge in [-0.25, -0.2) is 0 Å². The van der Waals surface area contributed by atoms with Gasteiger partial charge in [0.05, 0.1) is 6.04 Å². The van der Waals surface area contributed by atoms with Crippen LogP contribution in [0.2, 0.25) is 0 Å². The Kier molecular flexibility index (Phi) is 5.69. The predicted octanol–water partition coefficient (Wildman–Crippen LogP) is 3.00. The van der Waals surface area contributed by atoms with Gasteiger partial charge in [0.2, 0.25) is 5.91 Å². The highest BCUT2D eigenvalue weighted by molar-refractivity contribution is 5.79. The van der Waals surface area contributed by atoms with Crippen molar-refractivity contribution in [2.75, 3.05) is 6.61 Å².